The number of hydrogen-bond acceptors (Lipinski definition) is 3. The van der Waals surface area contributed by atoms with Gasteiger partial charge >= 0.3 is 0 Å². The van der Waals surface area contributed by atoms with Crippen LogP contribution >= 0.6 is 22.6 Å². The summed E-state index contributed by atoms with van der Waals surface area (Å²) in [5.74, 6) is 0.404. The molecule has 0 aliphatic carbocycles. The zero-order chi connectivity index (χ0) is 13.4. The van der Waals surface area contributed by atoms with Crippen LogP contribution in [0.25, 0.3) is 0 Å². The van der Waals surface area contributed by atoms with Crippen molar-refractivity contribution >= 4 is 34.2 Å². The van der Waals surface area contributed by atoms with Gasteiger partial charge in [0.05, 0.1) is 4.43 Å². The standard InChI is InChI=1S/C13H19IN2O2/c1-10-4-5-11(8-12(10)17)15-6-2-3-7-16-13(18)9-14/h4-5,8,15,17H,2-3,6-7,9H2,1H3,(H,16,18). The number of anilines is 1. The minimum atomic E-state index is 0.0898. The summed E-state index contributed by atoms with van der Waals surface area (Å²) in [6.07, 6.45) is 1.93. The van der Waals surface area contributed by atoms with Gasteiger partial charge in [0.25, 0.3) is 0 Å². The first kappa shape index (κ1) is 15.1. The van der Waals surface area contributed by atoms with Gasteiger partial charge in [-0.05, 0) is 31.4 Å². The molecule has 0 saturated heterocycles. The van der Waals surface area contributed by atoms with Gasteiger partial charge in [0, 0.05) is 24.8 Å². The second-order valence-corrected chi connectivity index (χ2v) is 4.88. The Morgan fingerprint density at radius 3 is 2.72 bits per heavy atom. The van der Waals surface area contributed by atoms with Crippen LogP contribution in [0.3, 0.4) is 0 Å². The van der Waals surface area contributed by atoms with E-state index in [0.717, 1.165) is 37.2 Å². The van der Waals surface area contributed by atoms with Crippen LogP contribution in [0.15, 0.2) is 18.2 Å². The molecule has 0 aliphatic heterocycles. The number of halogens is 1. The summed E-state index contributed by atoms with van der Waals surface area (Å²) in [5, 5.41) is 15.6. The van der Waals surface area contributed by atoms with E-state index in [4.69, 9.17) is 0 Å². The average molecular weight is 362 g/mol. The minimum Gasteiger partial charge on any atom is -0.508 e. The number of hydrogen-bond donors (Lipinski definition) is 3. The number of alkyl halides is 1. The van der Waals surface area contributed by atoms with Gasteiger partial charge in [-0.2, -0.15) is 0 Å². The largest absolute Gasteiger partial charge is 0.508 e. The first-order valence-electron chi connectivity index (χ1n) is 5.99. The monoisotopic (exact) mass is 362 g/mol. The van der Waals surface area contributed by atoms with Crippen molar-refractivity contribution in [3.8, 4) is 5.75 Å². The van der Waals surface area contributed by atoms with Crippen molar-refractivity contribution in [2.45, 2.75) is 19.8 Å². The highest BCUT2D eigenvalue weighted by Crippen LogP contribution is 2.20. The lowest BCUT2D eigenvalue weighted by molar-refractivity contribution is -0.118. The molecular formula is C13H19IN2O2. The van der Waals surface area contributed by atoms with E-state index in [0.29, 0.717) is 10.2 Å². The molecule has 0 atom stereocenters. The fourth-order valence-electron chi connectivity index (χ4n) is 1.48. The highest BCUT2D eigenvalue weighted by Gasteiger charge is 1.98. The van der Waals surface area contributed by atoms with E-state index in [1.54, 1.807) is 6.07 Å². The van der Waals surface area contributed by atoms with Crippen molar-refractivity contribution in [1.29, 1.82) is 0 Å². The Bertz CT molecular complexity index is 397. The van der Waals surface area contributed by atoms with Crippen LogP contribution < -0.4 is 10.6 Å². The predicted octanol–water partition coefficient (Wildman–Crippen LogP) is 2.44. The van der Waals surface area contributed by atoms with Gasteiger partial charge < -0.3 is 15.7 Å². The Morgan fingerprint density at radius 2 is 2.06 bits per heavy atom. The van der Waals surface area contributed by atoms with Crippen LogP contribution in [0, 0.1) is 6.92 Å². The summed E-state index contributed by atoms with van der Waals surface area (Å²) in [6, 6.07) is 5.57. The summed E-state index contributed by atoms with van der Waals surface area (Å²) in [6.45, 7) is 3.43. The SMILES string of the molecule is Cc1ccc(NCCCCNC(=O)CI)cc1O. The molecule has 5 heteroatoms. The summed E-state index contributed by atoms with van der Waals surface area (Å²) in [5.41, 5.74) is 1.80. The number of unbranched alkanes of at least 4 members (excludes halogenated alkanes) is 1. The van der Waals surface area contributed by atoms with E-state index in [2.05, 4.69) is 10.6 Å². The number of amides is 1. The summed E-state index contributed by atoms with van der Waals surface area (Å²) in [7, 11) is 0. The van der Waals surface area contributed by atoms with Gasteiger partial charge in [-0.25, -0.2) is 0 Å². The molecule has 0 heterocycles. The van der Waals surface area contributed by atoms with E-state index in [9.17, 15) is 9.90 Å². The van der Waals surface area contributed by atoms with Gasteiger partial charge in [0.1, 0.15) is 5.75 Å². The molecule has 4 nitrogen and oxygen atoms in total. The smallest absolute Gasteiger partial charge is 0.229 e. The first-order chi connectivity index (χ1) is 8.63. The highest BCUT2D eigenvalue weighted by molar-refractivity contribution is 14.1. The second-order valence-electron chi connectivity index (χ2n) is 4.12. The normalized spacial score (nSPS) is 10.1. The van der Waals surface area contributed by atoms with Gasteiger partial charge in [0.2, 0.25) is 5.91 Å². The number of carbonyl (C=O) groups excluding carboxylic acids is 1. The average Bonchev–Trinajstić information content (AvgIpc) is 2.37. The Balaban J connectivity index is 2.14. The van der Waals surface area contributed by atoms with Gasteiger partial charge in [-0.3, -0.25) is 4.79 Å². The lowest BCUT2D eigenvalue weighted by atomic mass is 10.2. The molecule has 0 saturated carbocycles. The molecule has 1 aromatic carbocycles. The van der Waals surface area contributed by atoms with Gasteiger partial charge in [-0.15, -0.1) is 0 Å². The molecule has 0 bridgehead atoms. The number of benzene rings is 1. The third kappa shape index (κ3) is 5.57. The van der Waals surface area contributed by atoms with Crippen LogP contribution in [-0.2, 0) is 4.79 Å². The first-order valence-corrected chi connectivity index (χ1v) is 7.52. The molecule has 1 aromatic rings. The summed E-state index contributed by atoms with van der Waals surface area (Å²) >= 11 is 2.05. The van der Waals surface area contributed by atoms with E-state index in [-0.39, 0.29) is 5.91 Å². The number of aromatic hydroxyl groups is 1. The maximum atomic E-state index is 11.0. The van der Waals surface area contributed by atoms with Crippen molar-refractivity contribution in [3.63, 3.8) is 0 Å². The Hall–Kier alpha value is -0.980. The van der Waals surface area contributed by atoms with Crippen LogP contribution in [0.1, 0.15) is 18.4 Å². The zero-order valence-electron chi connectivity index (χ0n) is 10.5. The molecule has 0 aromatic heterocycles. The molecule has 0 radical (unpaired) electrons. The maximum absolute atomic E-state index is 11.0. The van der Waals surface area contributed by atoms with Crippen LogP contribution in [0.5, 0.6) is 5.75 Å². The number of phenolic OH excluding ortho intramolecular Hbond substituents is 1. The van der Waals surface area contributed by atoms with Crippen molar-refractivity contribution in [3.05, 3.63) is 23.8 Å². The quantitative estimate of drug-likeness (QED) is 0.397. The Labute approximate surface area is 121 Å². The summed E-state index contributed by atoms with van der Waals surface area (Å²) in [4.78, 5) is 11.0. The maximum Gasteiger partial charge on any atom is 0.229 e. The molecule has 3 N–H and O–H groups in total. The number of rotatable bonds is 7. The fraction of sp³-hybridized carbons (Fsp3) is 0.462. The van der Waals surface area contributed by atoms with Gasteiger partial charge in [0.15, 0.2) is 0 Å². The predicted molar refractivity (Wildman–Crippen MR) is 82.5 cm³/mol. The van der Waals surface area contributed by atoms with Crippen LogP contribution in [0.2, 0.25) is 0 Å². The molecule has 1 rings (SSSR count). The van der Waals surface area contributed by atoms with E-state index in [1.807, 2.05) is 41.6 Å². The third-order valence-corrected chi connectivity index (χ3v) is 3.28. The summed E-state index contributed by atoms with van der Waals surface area (Å²) < 4.78 is 0.513. The Kier molecular flexibility index (Phi) is 6.85. The molecule has 0 fully saturated rings. The number of phenols is 1. The zero-order valence-corrected chi connectivity index (χ0v) is 12.7. The minimum absolute atomic E-state index is 0.0898. The number of aryl methyl sites for hydroxylation is 1. The number of carbonyl (C=O) groups is 1. The lowest BCUT2D eigenvalue weighted by Crippen LogP contribution is -2.25. The molecule has 1 amide bonds. The topological polar surface area (TPSA) is 61.4 Å². The fourth-order valence-corrected chi connectivity index (χ4v) is 1.75. The van der Waals surface area contributed by atoms with Crippen molar-refractivity contribution in [1.82, 2.24) is 5.32 Å². The molecule has 0 aliphatic rings. The molecule has 0 unspecified atom stereocenters. The van der Waals surface area contributed by atoms with Crippen molar-refractivity contribution in [2.24, 2.45) is 0 Å². The van der Waals surface area contributed by atoms with E-state index < -0.39 is 0 Å². The third-order valence-electron chi connectivity index (χ3n) is 2.59. The molecule has 0 spiro atoms. The Morgan fingerprint density at radius 1 is 1.33 bits per heavy atom. The van der Waals surface area contributed by atoms with Crippen LogP contribution in [-0.4, -0.2) is 28.5 Å². The van der Waals surface area contributed by atoms with Crippen LogP contribution in [0.4, 0.5) is 5.69 Å². The van der Waals surface area contributed by atoms with Crippen molar-refractivity contribution in [2.75, 3.05) is 22.8 Å². The van der Waals surface area contributed by atoms with E-state index in [1.165, 1.54) is 0 Å². The molecule has 100 valence electrons. The van der Waals surface area contributed by atoms with E-state index >= 15 is 0 Å². The van der Waals surface area contributed by atoms with Gasteiger partial charge in [-0.1, -0.05) is 28.7 Å². The second kappa shape index (κ2) is 8.18. The lowest BCUT2D eigenvalue weighted by Gasteiger charge is -2.08. The molecular weight excluding hydrogens is 343 g/mol. The molecule has 18 heavy (non-hydrogen) atoms. The highest BCUT2D eigenvalue weighted by atomic mass is 127. The number of nitrogens with one attached hydrogen (secondary N) is 2. The van der Waals surface area contributed by atoms with Crippen molar-refractivity contribution < 1.29 is 9.90 Å².